The van der Waals surface area contributed by atoms with Gasteiger partial charge in [0.2, 0.25) is 12.7 Å². The number of unbranched alkanes of at least 4 members (excludes halogenated alkanes) is 1. The molecular formula is C18H21N3O5. The highest BCUT2D eigenvalue weighted by Crippen LogP contribution is 2.32. The fourth-order valence-corrected chi connectivity index (χ4v) is 2.59. The third-order valence-corrected chi connectivity index (χ3v) is 3.92. The van der Waals surface area contributed by atoms with Crippen molar-refractivity contribution in [1.29, 1.82) is 0 Å². The van der Waals surface area contributed by atoms with Gasteiger partial charge in [0, 0.05) is 18.2 Å². The summed E-state index contributed by atoms with van der Waals surface area (Å²) in [4.78, 5) is 26.7. The molecule has 2 heterocycles. The van der Waals surface area contributed by atoms with Crippen LogP contribution in [0.2, 0.25) is 0 Å². The van der Waals surface area contributed by atoms with E-state index in [0.29, 0.717) is 35.2 Å². The third-order valence-electron chi connectivity index (χ3n) is 3.92. The maximum atomic E-state index is 12.9. The van der Waals surface area contributed by atoms with Gasteiger partial charge >= 0.3 is 0 Å². The minimum atomic E-state index is -0.330. The largest absolute Gasteiger partial charge is 0.454 e. The molecule has 1 aromatic heterocycles. The molecule has 0 spiro atoms. The van der Waals surface area contributed by atoms with Gasteiger partial charge in [-0.25, -0.2) is 0 Å². The van der Waals surface area contributed by atoms with E-state index in [1.54, 1.807) is 31.2 Å². The average molecular weight is 359 g/mol. The van der Waals surface area contributed by atoms with Crippen LogP contribution < -0.4 is 14.8 Å². The van der Waals surface area contributed by atoms with Gasteiger partial charge in [0.1, 0.15) is 12.3 Å². The van der Waals surface area contributed by atoms with E-state index in [4.69, 9.17) is 14.0 Å². The number of anilines is 1. The number of carbonyl (C=O) groups excluding carboxylic acids is 2. The van der Waals surface area contributed by atoms with Crippen molar-refractivity contribution in [3.05, 3.63) is 35.6 Å². The third kappa shape index (κ3) is 4.14. The molecule has 0 saturated heterocycles. The monoisotopic (exact) mass is 359 g/mol. The van der Waals surface area contributed by atoms with E-state index in [2.05, 4.69) is 10.5 Å². The van der Waals surface area contributed by atoms with Crippen molar-refractivity contribution in [1.82, 2.24) is 10.1 Å². The Bertz CT molecular complexity index is 802. The molecule has 0 atom stereocenters. The van der Waals surface area contributed by atoms with Gasteiger partial charge in [0.15, 0.2) is 17.3 Å². The number of nitrogens with zero attached hydrogens (tertiary/aromatic N) is 2. The molecule has 26 heavy (non-hydrogen) atoms. The molecular weight excluding hydrogens is 338 g/mol. The zero-order valence-electron chi connectivity index (χ0n) is 14.8. The Balaban J connectivity index is 1.70. The molecule has 0 aliphatic carbocycles. The normalized spacial score (nSPS) is 12.1. The number of aromatic nitrogens is 1. The molecule has 1 aromatic carbocycles. The van der Waals surface area contributed by atoms with Gasteiger partial charge in [-0.15, -0.1) is 0 Å². The summed E-state index contributed by atoms with van der Waals surface area (Å²) in [5, 5.41) is 6.36. The van der Waals surface area contributed by atoms with Crippen LogP contribution in [0.3, 0.4) is 0 Å². The minimum absolute atomic E-state index is 0.0703. The van der Waals surface area contributed by atoms with Crippen molar-refractivity contribution >= 4 is 17.6 Å². The second-order valence-corrected chi connectivity index (χ2v) is 6.02. The molecule has 0 unspecified atom stereocenters. The maximum Gasteiger partial charge on any atom is 0.254 e. The highest BCUT2D eigenvalue weighted by molar-refractivity contribution is 5.99. The average Bonchev–Trinajstić information content (AvgIpc) is 3.25. The summed E-state index contributed by atoms with van der Waals surface area (Å²) in [6, 6.07) is 6.63. The Labute approximate surface area is 151 Å². The second-order valence-electron chi connectivity index (χ2n) is 6.02. The molecule has 0 bridgehead atoms. The second kappa shape index (κ2) is 7.90. The molecule has 0 saturated carbocycles. The summed E-state index contributed by atoms with van der Waals surface area (Å²) in [6.45, 7) is 4.32. The maximum absolute atomic E-state index is 12.9. The van der Waals surface area contributed by atoms with Crippen molar-refractivity contribution in [2.75, 3.05) is 25.2 Å². The van der Waals surface area contributed by atoms with E-state index in [0.717, 1.165) is 12.8 Å². The first-order chi connectivity index (χ1) is 12.6. The van der Waals surface area contributed by atoms with Crippen LogP contribution in [-0.4, -0.2) is 41.8 Å². The fourth-order valence-electron chi connectivity index (χ4n) is 2.59. The van der Waals surface area contributed by atoms with Crippen LogP contribution in [0.1, 0.15) is 35.9 Å². The predicted molar refractivity (Wildman–Crippen MR) is 93.2 cm³/mol. The number of amides is 2. The molecule has 2 aromatic rings. The van der Waals surface area contributed by atoms with E-state index in [9.17, 15) is 9.59 Å². The fraction of sp³-hybridized carbons (Fsp3) is 0.389. The smallest absolute Gasteiger partial charge is 0.254 e. The molecule has 0 radical (unpaired) electrons. The summed E-state index contributed by atoms with van der Waals surface area (Å²) in [5.74, 6) is 1.51. The lowest BCUT2D eigenvalue weighted by molar-refractivity contribution is -0.117. The molecule has 2 amide bonds. The lowest BCUT2D eigenvalue weighted by Crippen LogP contribution is -2.38. The molecule has 0 fully saturated rings. The zero-order valence-corrected chi connectivity index (χ0v) is 14.8. The van der Waals surface area contributed by atoms with Crippen LogP contribution >= 0.6 is 0 Å². The van der Waals surface area contributed by atoms with E-state index < -0.39 is 0 Å². The molecule has 8 nitrogen and oxygen atoms in total. The van der Waals surface area contributed by atoms with Gasteiger partial charge < -0.3 is 24.2 Å². The van der Waals surface area contributed by atoms with Crippen molar-refractivity contribution in [3.63, 3.8) is 0 Å². The van der Waals surface area contributed by atoms with Crippen LogP contribution in [0.25, 0.3) is 0 Å². The van der Waals surface area contributed by atoms with Gasteiger partial charge in [0.25, 0.3) is 5.91 Å². The molecule has 1 aliphatic rings. The number of rotatable bonds is 7. The number of aryl methyl sites for hydroxylation is 1. The number of nitrogens with one attached hydrogen (secondary N) is 1. The first kappa shape index (κ1) is 17.8. The highest BCUT2D eigenvalue weighted by Gasteiger charge is 2.22. The van der Waals surface area contributed by atoms with Crippen LogP contribution in [0.5, 0.6) is 11.5 Å². The van der Waals surface area contributed by atoms with Crippen LogP contribution in [0, 0.1) is 6.92 Å². The van der Waals surface area contributed by atoms with E-state index in [-0.39, 0.29) is 25.2 Å². The topological polar surface area (TPSA) is 93.9 Å². The minimum Gasteiger partial charge on any atom is -0.454 e. The van der Waals surface area contributed by atoms with Gasteiger partial charge in [-0.2, -0.15) is 0 Å². The molecule has 1 aliphatic heterocycles. The quantitative estimate of drug-likeness (QED) is 0.817. The Morgan fingerprint density at radius 1 is 1.23 bits per heavy atom. The van der Waals surface area contributed by atoms with Gasteiger partial charge in [-0.1, -0.05) is 18.5 Å². The Kier molecular flexibility index (Phi) is 5.40. The predicted octanol–water partition coefficient (Wildman–Crippen LogP) is 2.59. The SMILES string of the molecule is CCCCN(CC(=O)Nc1cc(C)on1)C(=O)c1ccc2c(c1)OCO2. The number of fused-ring (bicyclic) bond motifs is 1. The molecule has 138 valence electrons. The van der Waals surface area contributed by atoms with Gasteiger partial charge in [-0.3, -0.25) is 9.59 Å². The lowest BCUT2D eigenvalue weighted by Gasteiger charge is -2.22. The summed E-state index contributed by atoms with van der Waals surface area (Å²) in [7, 11) is 0. The van der Waals surface area contributed by atoms with E-state index >= 15 is 0 Å². The zero-order chi connectivity index (χ0) is 18.5. The number of hydrogen-bond acceptors (Lipinski definition) is 6. The summed E-state index contributed by atoms with van der Waals surface area (Å²) >= 11 is 0. The summed E-state index contributed by atoms with van der Waals surface area (Å²) in [6.07, 6.45) is 1.71. The number of ether oxygens (including phenoxy) is 2. The number of hydrogen-bond donors (Lipinski definition) is 1. The lowest BCUT2D eigenvalue weighted by atomic mass is 10.1. The van der Waals surface area contributed by atoms with E-state index in [1.807, 2.05) is 6.92 Å². The standard InChI is InChI=1S/C18H21N3O5/c1-3-4-7-21(10-17(22)19-16-8-12(2)26-20-16)18(23)13-5-6-14-15(9-13)25-11-24-14/h5-6,8-9H,3-4,7,10-11H2,1-2H3,(H,19,20,22). The number of carbonyl (C=O) groups is 2. The van der Waals surface area contributed by atoms with Crippen molar-refractivity contribution in [3.8, 4) is 11.5 Å². The van der Waals surface area contributed by atoms with Crippen molar-refractivity contribution in [2.24, 2.45) is 0 Å². The molecule has 8 heteroatoms. The molecule has 3 rings (SSSR count). The van der Waals surface area contributed by atoms with Crippen LogP contribution in [-0.2, 0) is 4.79 Å². The van der Waals surface area contributed by atoms with E-state index in [1.165, 1.54) is 4.90 Å². The first-order valence-electron chi connectivity index (χ1n) is 8.49. The van der Waals surface area contributed by atoms with Crippen molar-refractivity contribution < 1.29 is 23.6 Å². The van der Waals surface area contributed by atoms with Gasteiger partial charge in [-0.05, 0) is 31.5 Å². The number of benzene rings is 1. The van der Waals surface area contributed by atoms with Gasteiger partial charge in [0.05, 0.1) is 0 Å². The first-order valence-corrected chi connectivity index (χ1v) is 8.49. The van der Waals surface area contributed by atoms with Crippen LogP contribution in [0.15, 0.2) is 28.8 Å². The van der Waals surface area contributed by atoms with Crippen molar-refractivity contribution in [2.45, 2.75) is 26.7 Å². The highest BCUT2D eigenvalue weighted by atomic mass is 16.7. The Morgan fingerprint density at radius 3 is 2.77 bits per heavy atom. The summed E-state index contributed by atoms with van der Waals surface area (Å²) in [5.41, 5.74) is 0.454. The Hall–Kier alpha value is -3.03. The van der Waals surface area contributed by atoms with Crippen LogP contribution in [0.4, 0.5) is 5.82 Å². The summed E-state index contributed by atoms with van der Waals surface area (Å²) < 4.78 is 15.5. The molecule has 1 N–H and O–H groups in total. The Morgan fingerprint density at radius 2 is 2.04 bits per heavy atom.